The fraction of sp³-hybridized carbons (Fsp3) is 0.286. The SMILES string of the molecule is COCCN(Cc1ccc(C)cc1)Cc1cccn1-c1ccccn1. The van der Waals surface area contributed by atoms with Crippen molar-refractivity contribution in [3.05, 3.63) is 83.8 Å². The second-order valence-electron chi connectivity index (χ2n) is 6.25. The molecule has 0 radical (unpaired) electrons. The van der Waals surface area contributed by atoms with Crippen molar-refractivity contribution in [1.82, 2.24) is 14.5 Å². The Hall–Kier alpha value is -2.43. The zero-order valence-electron chi connectivity index (χ0n) is 14.9. The van der Waals surface area contributed by atoms with Crippen LogP contribution < -0.4 is 0 Å². The lowest BCUT2D eigenvalue weighted by Crippen LogP contribution is -2.27. The maximum atomic E-state index is 5.30. The smallest absolute Gasteiger partial charge is 0.136 e. The Morgan fingerprint density at radius 2 is 1.84 bits per heavy atom. The number of nitrogens with zero attached hydrogens (tertiary/aromatic N) is 3. The van der Waals surface area contributed by atoms with Crippen LogP contribution in [0.1, 0.15) is 16.8 Å². The van der Waals surface area contributed by atoms with E-state index in [1.165, 1.54) is 16.8 Å². The standard InChI is InChI=1S/C21H25N3O/c1-18-8-10-19(11-9-18)16-23(14-15-25-2)17-20-6-5-13-24(20)21-7-3-4-12-22-21/h3-13H,14-17H2,1-2H3. The number of benzene rings is 1. The van der Waals surface area contributed by atoms with Gasteiger partial charge in [0.05, 0.1) is 6.61 Å². The Kier molecular flexibility index (Phi) is 5.99. The highest BCUT2D eigenvalue weighted by Crippen LogP contribution is 2.15. The molecule has 3 rings (SSSR count). The van der Waals surface area contributed by atoms with Gasteiger partial charge in [-0.25, -0.2) is 4.98 Å². The van der Waals surface area contributed by atoms with Gasteiger partial charge in [-0.2, -0.15) is 0 Å². The topological polar surface area (TPSA) is 30.3 Å². The Labute approximate surface area is 149 Å². The molecule has 0 amide bonds. The van der Waals surface area contributed by atoms with Gasteiger partial charge >= 0.3 is 0 Å². The highest BCUT2D eigenvalue weighted by molar-refractivity contribution is 5.27. The maximum Gasteiger partial charge on any atom is 0.136 e. The van der Waals surface area contributed by atoms with Crippen LogP contribution in [0.2, 0.25) is 0 Å². The van der Waals surface area contributed by atoms with Crippen LogP contribution in [0.4, 0.5) is 0 Å². The van der Waals surface area contributed by atoms with Gasteiger partial charge in [0.15, 0.2) is 0 Å². The van der Waals surface area contributed by atoms with Crippen molar-refractivity contribution < 1.29 is 4.74 Å². The van der Waals surface area contributed by atoms with Crippen LogP contribution in [-0.2, 0) is 17.8 Å². The quantitative estimate of drug-likeness (QED) is 0.627. The highest BCUT2D eigenvalue weighted by Gasteiger charge is 2.11. The van der Waals surface area contributed by atoms with Gasteiger partial charge in [0.2, 0.25) is 0 Å². The zero-order chi connectivity index (χ0) is 17.5. The van der Waals surface area contributed by atoms with E-state index in [9.17, 15) is 0 Å². The van der Waals surface area contributed by atoms with Gasteiger partial charge in [-0.1, -0.05) is 35.9 Å². The Bertz CT molecular complexity index is 765. The van der Waals surface area contributed by atoms with Crippen LogP contribution >= 0.6 is 0 Å². The van der Waals surface area contributed by atoms with E-state index in [2.05, 4.69) is 64.0 Å². The molecule has 0 unspecified atom stereocenters. The third-order valence-electron chi connectivity index (χ3n) is 4.25. The maximum absolute atomic E-state index is 5.30. The molecule has 0 N–H and O–H groups in total. The molecule has 2 aromatic heterocycles. The van der Waals surface area contributed by atoms with Crippen LogP contribution in [0.3, 0.4) is 0 Å². The first-order valence-electron chi connectivity index (χ1n) is 8.61. The molecule has 4 nitrogen and oxygen atoms in total. The minimum Gasteiger partial charge on any atom is -0.383 e. The Morgan fingerprint density at radius 3 is 2.56 bits per heavy atom. The van der Waals surface area contributed by atoms with E-state index < -0.39 is 0 Å². The number of hydrogen-bond acceptors (Lipinski definition) is 3. The molecule has 3 aromatic rings. The zero-order valence-corrected chi connectivity index (χ0v) is 14.9. The van der Waals surface area contributed by atoms with E-state index in [0.717, 1.165) is 32.1 Å². The lowest BCUT2D eigenvalue weighted by atomic mass is 10.1. The van der Waals surface area contributed by atoms with Gasteiger partial charge in [0, 0.05) is 44.8 Å². The molecule has 0 aliphatic rings. The monoisotopic (exact) mass is 335 g/mol. The number of ether oxygens (including phenoxy) is 1. The summed E-state index contributed by atoms with van der Waals surface area (Å²) in [6.45, 7) is 5.47. The summed E-state index contributed by atoms with van der Waals surface area (Å²) in [5.41, 5.74) is 3.83. The first kappa shape index (κ1) is 17.4. The van der Waals surface area contributed by atoms with Gasteiger partial charge in [0.25, 0.3) is 0 Å². The summed E-state index contributed by atoms with van der Waals surface area (Å²) in [7, 11) is 1.75. The van der Waals surface area contributed by atoms with Crippen molar-refractivity contribution in [2.75, 3.05) is 20.3 Å². The summed E-state index contributed by atoms with van der Waals surface area (Å²) >= 11 is 0. The van der Waals surface area contributed by atoms with Crippen LogP contribution in [0, 0.1) is 6.92 Å². The van der Waals surface area contributed by atoms with Crippen LogP contribution in [-0.4, -0.2) is 34.7 Å². The van der Waals surface area contributed by atoms with Crippen LogP contribution in [0.25, 0.3) is 5.82 Å². The van der Waals surface area contributed by atoms with Crippen molar-refractivity contribution in [3.63, 3.8) is 0 Å². The molecule has 0 saturated carbocycles. The molecule has 0 fully saturated rings. The average Bonchev–Trinajstić information content (AvgIpc) is 3.10. The van der Waals surface area contributed by atoms with Crippen LogP contribution in [0.15, 0.2) is 67.0 Å². The third-order valence-corrected chi connectivity index (χ3v) is 4.25. The molecule has 0 saturated heterocycles. The molecule has 0 atom stereocenters. The summed E-state index contributed by atoms with van der Waals surface area (Å²) in [5, 5.41) is 0. The minimum atomic E-state index is 0.718. The van der Waals surface area contributed by atoms with Crippen molar-refractivity contribution >= 4 is 0 Å². The predicted molar refractivity (Wildman–Crippen MR) is 101 cm³/mol. The number of rotatable bonds is 8. The molecule has 0 aliphatic heterocycles. The second kappa shape index (κ2) is 8.60. The first-order chi connectivity index (χ1) is 12.3. The summed E-state index contributed by atoms with van der Waals surface area (Å²) in [6, 6.07) is 19.0. The minimum absolute atomic E-state index is 0.718. The lowest BCUT2D eigenvalue weighted by molar-refractivity contribution is 0.139. The van der Waals surface area contributed by atoms with E-state index in [0.29, 0.717) is 0 Å². The summed E-state index contributed by atoms with van der Waals surface area (Å²) in [5.74, 6) is 0.949. The van der Waals surface area contributed by atoms with Gasteiger partial charge in [-0.3, -0.25) is 4.90 Å². The molecular weight excluding hydrogens is 310 g/mol. The highest BCUT2D eigenvalue weighted by atomic mass is 16.5. The van der Waals surface area contributed by atoms with Gasteiger partial charge < -0.3 is 9.30 Å². The number of aromatic nitrogens is 2. The van der Waals surface area contributed by atoms with Crippen molar-refractivity contribution in [1.29, 1.82) is 0 Å². The first-order valence-corrected chi connectivity index (χ1v) is 8.61. The molecule has 130 valence electrons. The fourth-order valence-corrected chi connectivity index (χ4v) is 2.88. The van der Waals surface area contributed by atoms with Gasteiger partial charge in [0.1, 0.15) is 5.82 Å². The molecular formula is C21H25N3O. The van der Waals surface area contributed by atoms with Crippen molar-refractivity contribution in [3.8, 4) is 5.82 Å². The lowest BCUT2D eigenvalue weighted by Gasteiger charge is -2.23. The van der Waals surface area contributed by atoms with E-state index in [1.54, 1.807) is 7.11 Å². The molecule has 2 heterocycles. The number of methoxy groups -OCH3 is 1. The number of aryl methyl sites for hydroxylation is 1. The van der Waals surface area contributed by atoms with E-state index in [1.807, 2.05) is 24.4 Å². The van der Waals surface area contributed by atoms with E-state index >= 15 is 0 Å². The number of hydrogen-bond donors (Lipinski definition) is 0. The Morgan fingerprint density at radius 1 is 1.00 bits per heavy atom. The largest absolute Gasteiger partial charge is 0.383 e. The number of pyridine rings is 1. The Balaban J connectivity index is 1.76. The summed E-state index contributed by atoms with van der Waals surface area (Å²) in [4.78, 5) is 6.87. The average molecular weight is 335 g/mol. The van der Waals surface area contributed by atoms with Gasteiger partial charge in [-0.15, -0.1) is 0 Å². The van der Waals surface area contributed by atoms with Crippen LogP contribution in [0.5, 0.6) is 0 Å². The predicted octanol–water partition coefficient (Wildman–Crippen LogP) is 3.83. The molecule has 25 heavy (non-hydrogen) atoms. The normalized spacial score (nSPS) is 11.2. The van der Waals surface area contributed by atoms with E-state index in [4.69, 9.17) is 4.74 Å². The molecule has 0 bridgehead atoms. The molecule has 0 spiro atoms. The third kappa shape index (κ3) is 4.78. The second-order valence-corrected chi connectivity index (χ2v) is 6.25. The molecule has 1 aromatic carbocycles. The van der Waals surface area contributed by atoms with Crippen molar-refractivity contribution in [2.45, 2.75) is 20.0 Å². The summed E-state index contributed by atoms with van der Waals surface area (Å²) < 4.78 is 7.45. The molecule has 4 heteroatoms. The van der Waals surface area contributed by atoms with Gasteiger partial charge in [-0.05, 0) is 36.8 Å². The summed E-state index contributed by atoms with van der Waals surface area (Å²) in [6.07, 6.45) is 3.89. The van der Waals surface area contributed by atoms with Crippen molar-refractivity contribution in [2.24, 2.45) is 0 Å². The van der Waals surface area contributed by atoms with E-state index in [-0.39, 0.29) is 0 Å². The molecule has 0 aliphatic carbocycles. The fourth-order valence-electron chi connectivity index (χ4n) is 2.88.